The third-order valence-corrected chi connectivity index (χ3v) is 4.19. The molecule has 1 fully saturated rings. The summed E-state index contributed by atoms with van der Waals surface area (Å²) >= 11 is 0. The Hall–Kier alpha value is -2.04. The normalized spacial score (nSPS) is 14.9. The Morgan fingerprint density at radius 3 is 2.39 bits per heavy atom. The highest BCUT2D eigenvalue weighted by atomic mass is 16.5. The number of methoxy groups -OCH3 is 1. The molecule has 1 aromatic rings. The van der Waals surface area contributed by atoms with Gasteiger partial charge in [-0.25, -0.2) is 0 Å². The van der Waals surface area contributed by atoms with Gasteiger partial charge in [-0.1, -0.05) is 12.1 Å². The summed E-state index contributed by atoms with van der Waals surface area (Å²) < 4.78 is 5.19. The van der Waals surface area contributed by atoms with E-state index in [1.807, 2.05) is 12.1 Å². The van der Waals surface area contributed by atoms with E-state index in [2.05, 4.69) is 22.8 Å². The van der Waals surface area contributed by atoms with E-state index < -0.39 is 0 Å². The van der Waals surface area contributed by atoms with Crippen molar-refractivity contribution in [2.24, 2.45) is 5.92 Å². The van der Waals surface area contributed by atoms with E-state index in [0.29, 0.717) is 25.4 Å². The minimum absolute atomic E-state index is 0.0374. The molecule has 0 saturated heterocycles. The summed E-state index contributed by atoms with van der Waals surface area (Å²) in [4.78, 5) is 22.9. The highest BCUT2D eigenvalue weighted by molar-refractivity contribution is 5.77. The number of rotatable bonds is 9. The highest BCUT2D eigenvalue weighted by Gasteiger charge is 2.33. The van der Waals surface area contributed by atoms with Crippen molar-refractivity contribution in [1.29, 1.82) is 0 Å². The number of nitrogens with one attached hydrogen (secondary N) is 2. The number of benzene rings is 1. The van der Waals surface area contributed by atoms with Crippen molar-refractivity contribution in [3.8, 4) is 5.75 Å². The zero-order chi connectivity index (χ0) is 16.7. The first kappa shape index (κ1) is 17.3. The number of hydrogen-bond donors (Lipinski definition) is 2. The summed E-state index contributed by atoms with van der Waals surface area (Å²) in [6.07, 6.45) is 3.68. The van der Waals surface area contributed by atoms with E-state index in [-0.39, 0.29) is 17.7 Å². The van der Waals surface area contributed by atoms with E-state index in [1.54, 1.807) is 7.11 Å². The van der Waals surface area contributed by atoms with E-state index in [4.69, 9.17) is 4.74 Å². The molecule has 2 N–H and O–H groups in total. The lowest BCUT2D eigenvalue weighted by Gasteiger charge is -2.17. The van der Waals surface area contributed by atoms with Crippen LogP contribution in [0.15, 0.2) is 24.3 Å². The second-order valence-electron chi connectivity index (χ2n) is 6.11. The number of carbonyl (C=O) groups excluding carboxylic acids is 2. The van der Waals surface area contributed by atoms with Crippen LogP contribution in [-0.2, 0) is 9.59 Å². The van der Waals surface area contributed by atoms with Gasteiger partial charge in [-0.05, 0) is 48.8 Å². The molecular formula is C18H26N2O3. The predicted molar refractivity (Wildman–Crippen MR) is 89.4 cm³/mol. The third-order valence-electron chi connectivity index (χ3n) is 4.19. The molecule has 1 aliphatic carbocycles. The van der Waals surface area contributed by atoms with E-state index in [1.165, 1.54) is 25.3 Å². The van der Waals surface area contributed by atoms with Gasteiger partial charge in [0, 0.05) is 26.4 Å². The Bertz CT molecular complexity index is 524. The molecule has 1 unspecified atom stereocenters. The van der Waals surface area contributed by atoms with Crippen LogP contribution >= 0.6 is 0 Å². The average molecular weight is 318 g/mol. The van der Waals surface area contributed by atoms with Crippen LogP contribution in [0.5, 0.6) is 5.75 Å². The van der Waals surface area contributed by atoms with Gasteiger partial charge in [0.05, 0.1) is 7.11 Å². The fourth-order valence-corrected chi connectivity index (χ4v) is 2.76. The van der Waals surface area contributed by atoms with Crippen molar-refractivity contribution in [1.82, 2.24) is 10.6 Å². The minimum atomic E-state index is -0.0374. The van der Waals surface area contributed by atoms with Crippen molar-refractivity contribution in [2.45, 2.75) is 38.5 Å². The third kappa shape index (κ3) is 5.93. The van der Waals surface area contributed by atoms with Crippen LogP contribution in [0.1, 0.15) is 44.1 Å². The maximum absolute atomic E-state index is 12.2. The predicted octanol–water partition coefficient (Wildman–Crippen LogP) is 2.22. The summed E-state index contributed by atoms with van der Waals surface area (Å²) in [6.45, 7) is 2.69. The number of carbonyl (C=O) groups is 2. The molecule has 5 heteroatoms. The highest BCUT2D eigenvalue weighted by Crippen LogP contribution is 2.44. The second kappa shape index (κ2) is 8.56. The second-order valence-corrected chi connectivity index (χ2v) is 6.11. The number of amides is 2. The maximum Gasteiger partial charge on any atom is 0.220 e. The largest absolute Gasteiger partial charge is 0.497 e. The maximum atomic E-state index is 12.2. The lowest BCUT2D eigenvalue weighted by Crippen LogP contribution is -2.29. The molecule has 2 amide bonds. The van der Waals surface area contributed by atoms with Gasteiger partial charge in [-0.15, -0.1) is 0 Å². The fourth-order valence-electron chi connectivity index (χ4n) is 2.76. The van der Waals surface area contributed by atoms with Gasteiger partial charge in [0.2, 0.25) is 11.8 Å². The van der Waals surface area contributed by atoms with Gasteiger partial charge in [-0.2, -0.15) is 0 Å². The monoisotopic (exact) mass is 318 g/mol. The molecule has 0 heterocycles. The SMILES string of the molecule is COc1ccc(C(CC(=O)NCCCNC(C)=O)C2CC2)cc1. The summed E-state index contributed by atoms with van der Waals surface area (Å²) in [5.41, 5.74) is 1.21. The first-order chi connectivity index (χ1) is 11.1. The molecule has 0 aliphatic heterocycles. The van der Waals surface area contributed by atoms with E-state index >= 15 is 0 Å². The molecule has 23 heavy (non-hydrogen) atoms. The van der Waals surface area contributed by atoms with Crippen molar-refractivity contribution < 1.29 is 14.3 Å². The molecule has 2 rings (SSSR count). The average Bonchev–Trinajstić information content (AvgIpc) is 3.37. The molecule has 126 valence electrons. The van der Waals surface area contributed by atoms with Gasteiger partial charge in [0.1, 0.15) is 5.75 Å². The first-order valence-corrected chi connectivity index (χ1v) is 8.25. The summed E-state index contributed by atoms with van der Waals surface area (Å²) in [6, 6.07) is 8.03. The molecule has 0 bridgehead atoms. The van der Waals surface area contributed by atoms with Gasteiger partial charge in [0.15, 0.2) is 0 Å². The molecule has 0 aromatic heterocycles. The first-order valence-electron chi connectivity index (χ1n) is 8.25. The molecule has 1 aromatic carbocycles. The standard InChI is InChI=1S/C18H26N2O3/c1-13(21)19-10-3-11-20-18(22)12-17(14-4-5-14)15-6-8-16(23-2)9-7-15/h6-9,14,17H,3-5,10-12H2,1-2H3,(H,19,21)(H,20,22). The smallest absolute Gasteiger partial charge is 0.220 e. The van der Waals surface area contributed by atoms with Crippen LogP contribution in [0, 0.1) is 5.92 Å². The van der Waals surface area contributed by atoms with Gasteiger partial charge >= 0.3 is 0 Å². The van der Waals surface area contributed by atoms with Gasteiger partial charge < -0.3 is 15.4 Å². The molecule has 1 saturated carbocycles. The van der Waals surface area contributed by atoms with Crippen LogP contribution in [-0.4, -0.2) is 32.0 Å². The molecular weight excluding hydrogens is 292 g/mol. The Balaban J connectivity index is 1.79. The van der Waals surface area contributed by atoms with Crippen molar-refractivity contribution in [3.63, 3.8) is 0 Å². The van der Waals surface area contributed by atoms with Crippen LogP contribution < -0.4 is 15.4 Å². The number of hydrogen-bond acceptors (Lipinski definition) is 3. The zero-order valence-electron chi connectivity index (χ0n) is 13.9. The van der Waals surface area contributed by atoms with E-state index in [0.717, 1.165) is 12.2 Å². The van der Waals surface area contributed by atoms with E-state index in [9.17, 15) is 9.59 Å². The molecule has 1 aliphatic rings. The Kier molecular flexibility index (Phi) is 6.44. The van der Waals surface area contributed by atoms with Crippen molar-refractivity contribution in [2.75, 3.05) is 20.2 Å². The summed E-state index contributed by atoms with van der Waals surface area (Å²) in [7, 11) is 1.65. The van der Waals surface area contributed by atoms with Crippen LogP contribution in [0.3, 0.4) is 0 Å². The summed E-state index contributed by atoms with van der Waals surface area (Å²) in [5, 5.41) is 5.67. The molecule has 5 nitrogen and oxygen atoms in total. The Morgan fingerprint density at radius 2 is 1.83 bits per heavy atom. The molecule has 0 spiro atoms. The topological polar surface area (TPSA) is 67.4 Å². The van der Waals surface area contributed by atoms with Crippen LogP contribution in [0.4, 0.5) is 0 Å². The molecule has 0 radical (unpaired) electrons. The van der Waals surface area contributed by atoms with Gasteiger partial charge in [0.25, 0.3) is 0 Å². The van der Waals surface area contributed by atoms with Crippen LogP contribution in [0.2, 0.25) is 0 Å². The lowest BCUT2D eigenvalue weighted by molar-refractivity contribution is -0.121. The molecule has 1 atom stereocenters. The van der Waals surface area contributed by atoms with Crippen molar-refractivity contribution >= 4 is 11.8 Å². The van der Waals surface area contributed by atoms with Gasteiger partial charge in [-0.3, -0.25) is 9.59 Å². The fraction of sp³-hybridized carbons (Fsp3) is 0.556. The zero-order valence-corrected chi connectivity index (χ0v) is 13.9. The van der Waals surface area contributed by atoms with Crippen molar-refractivity contribution in [3.05, 3.63) is 29.8 Å². The Morgan fingerprint density at radius 1 is 1.17 bits per heavy atom. The van der Waals surface area contributed by atoms with Crippen LogP contribution in [0.25, 0.3) is 0 Å². The lowest BCUT2D eigenvalue weighted by atomic mass is 9.90. The number of ether oxygens (including phenoxy) is 1. The Labute approximate surface area is 137 Å². The summed E-state index contributed by atoms with van der Waals surface area (Å²) in [5.74, 6) is 1.79. The minimum Gasteiger partial charge on any atom is -0.497 e. The quantitative estimate of drug-likeness (QED) is 0.686.